The van der Waals surface area contributed by atoms with E-state index in [0.717, 1.165) is 0 Å². The molecule has 1 N–H and O–H groups in total. The molecule has 0 aliphatic carbocycles. The van der Waals surface area contributed by atoms with Gasteiger partial charge in [0.15, 0.2) is 0 Å². The van der Waals surface area contributed by atoms with E-state index in [-0.39, 0.29) is 6.04 Å². The van der Waals surface area contributed by atoms with Gasteiger partial charge < -0.3 is 10.2 Å². The maximum absolute atomic E-state index is 4.18. The van der Waals surface area contributed by atoms with Crippen molar-refractivity contribution >= 4 is 11.4 Å². The highest BCUT2D eigenvalue weighted by Crippen LogP contribution is 2.25. The van der Waals surface area contributed by atoms with Gasteiger partial charge in [-0.1, -0.05) is 12.1 Å². The van der Waals surface area contributed by atoms with Crippen LogP contribution in [0, 0.1) is 0 Å². The summed E-state index contributed by atoms with van der Waals surface area (Å²) in [6, 6.07) is 13.1. The van der Waals surface area contributed by atoms with Gasteiger partial charge in [-0.15, -0.1) is 0 Å². The molecule has 0 spiro atoms. The van der Waals surface area contributed by atoms with Gasteiger partial charge in [0, 0.05) is 36.9 Å². The Balaban J connectivity index is 1.72. The Kier molecular flexibility index (Phi) is 3.86. The molecule has 1 unspecified atom stereocenters. The normalized spacial score (nSPS) is 16.1. The summed E-state index contributed by atoms with van der Waals surface area (Å²) in [7, 11) is 0. The van der Waals surface area contributed by atoms with Crippen molar-refractivity contribution in [2.45, 2.75) is 25.8 Å². The Labute approximate surface area is 120 Å². The zero-order chi connectivity index (χ0) is 13.8. The topological polar surface area (TPSA) is 28.2 Å². The molecule has 2 heterocycles. The molecular weight excluding hydrogens is 246 g/mol. The fourth-order valence-electron chi connectivity index (χ4n) is 2.73. The van der Waals surface area contributed by atoms with E-state index in [1.165, 1.54) is 42.9 Å². The van der Waals surface area contributed by atoms with E-state index in [1.54, 1.807) is 0 Å². The second kappa shape index (κ2) is 5.95. The quantitative estimate of drug-likeness (QED) is 0.912. The summed E-state index contributed by atoms with van der Waals surface area (Å²) in [5, 5.41) is 3.56. The summed E-state index contributed by atoms with van der Waals surface area (Å²) >= 11 is 0. The molecular formula is C17H21N3. The first-order valence-corrected chi connectivity index (χ1v) is 7.34. The summed E-state index contributed by atoms with van der Waals surface area (Å²) in [6.07, 6.45) is 6.35. The van der Waals surface area contributed by atoms with Crippen LogP contribution in [0.4, 0.5) is 11.4 Å². The Bertz CT molecular complexity index is 547. The Hall–Kier alpha value is -2.03. The zero-order valence-electron chi connectivity index (χ0n) is 11.9. The fraction of sp³-hybridized carbons (Fsp3) is 0.353. The smallest absolute Gasteiger partial charge is 0.0500 e. The minimum absolute atomic E-state index is 0.262. The number of pyridine rings is 1. The van der Waals surface area contributed by atoms with Crippen LogP contribution in [0.2, 0.25) is 0 Å². The molecule has 1 aliphatic heterocycles. The van der Waals surface area contributed by atoms with Crippen molar-refractivity contribution in [2.75, 3.05) is 23.3 Å². The lowest BCUT2D eigenvalue weighted by molar-refractivity contribution is 0.875. The monoisotopic (exact) mass is 267 g/mol. The van der Waals surface area contributed by atoms with Crippen molar-refractivity contribution < 1.29 is 0 Å². The van der Waals surface area contributed by atoms with E-state index < -0.39 is 0 Å². The van der Waals surface area contributed by atoms with E-state index in [9.17, 15) is 0 Å². The van der Waals surface area contributed by atoms with Gasteiger partial charge in [-0.2, -0.15) is 0 Å². The number of anilines is 2. The van der Waals surface area contributed by atoms with Gasteiger partial charge in [0.2, 0.25) is 0 Å². The molecule has 20 heavy (non-hydrogen) atoms. The lowest BCUT2D eigenvalue weighted by Gasteiger charge is -2.20. The summed E-state index contributed by atoms with van der Waals surface area (Å²) < 4.78 is 0. The fourth-order valence-corrected chi connectivity index (χ4v) is 2.73. The molecule has 1 aromatic heterocycles. The summed E-state index contributed by atoms with van der Waals surface area (Å²) in [4.78, 5) is 6.64. The SMILES string of the molecule is CC(Nc1cccc(N2CCCC2)c1)c1cccnc1. The predicted molar refractivity (Wildman–Crippen MR) is 84.2 cm³/mol. The molecule has 1 aromatic carbocycles. The van der Waals surface area contributed by atoms with Gasteiger partial charge in [0.25, 0.3) is 0 Å². The van der Waals surface area contributed by atoms with Crippen molar-refractivity contribution in [3.63, 3.8) is 0 Å². The van der Waals surface area contributed by atoms with Crippen molar-refractivity contribution in [2.24, 2.45) is 0 Å². The van der Waals surface area contributed by atoms with Crippen LogP contribution in [0.25, 0.3) is 0 Å². The third-order valence-corrected chi connectivity index (χ3v) is 3.88. The minimum Gasteiger partial charge on any atom is -0.378 e. The number of benzene rings is 1. The van der Waals surface area contributed by atoms with Crippen LogP contribution in [0.15, 0.2) is 48.8 Å². The second-order valence-electron chi connectivity index (χ2n) is 5.40. The van der Waals surface area contributed by atoms with E-state index in [2.05, 4.69) is 52.5 Å². The molecule has 1 fully saturated rings. The molecule has 3 nitrogen and oxygen atoms in total. The summed E-state index contributed by atoms with van der Waals surface area (Å²) in [5.41, 5.74) is 3.70. The van der Waals surface area contributed by atoms with Gasteiger partial charge in [-0.05, 0) is 49.6 Å². The van der Waals surface area contributed by atoms with Gasteiger partial charge in [-0.3, -0.25) is 4.98 Å². The largest absolute Gasteiger partial charge is 0.378 e. The van der Waals surface area contributed by atoms with Gasteiger partial charge in [0.1, 0.15) is 0 Å². The molecule has 0 amide bonds. The van der Waals surface area contributed by atoms with Crippen molar-refractivity contribution in [3.05, 3.63) is 54.4 Å². The Morgan fingerprint density at radius 1 is 1.15 bits per heavy atom. The number of nitrogens with zero attached hydrogens (tertiary/aromatic N) is 2. The molecule has 1 saturated heterocycles. The van der Waals surface area contributed by atoms with Crippen LogP contribution in [-0.2, 0) is 0 Å². The van der Waals surface area contributed by atoms with Crippen LogP contribution < -0.4 is 10.2 Å². The van der Waals surface area contributed by atoms with Crippen molar-refractivity contribution in [1.82, 2.24) is 4.98 Å². The van der Waals surface area contributed by atoms with E-state index in [1.807, 2.05) is 18.5 Å². The predicted octanol–water partition coefficient (Wildman–Crippen LogP) is 3.85. The number of aromatic nitrogens is 1. The van der Waals surface area contributed by atoms with E-state index >= 15 is 0 Å². The standard InChI is InChI=1S/C17H21N3/c1-14(15-6-5-9-18-13-15)19-16-7-4-8-17(12-16)20-10-2-3-11-20/h4-9,12-14,19H,2-3,10-11H2,1H3. The first kappa shape index (κ1) is 13.0. The summed E-state index contributed by atoms with van der Waals surface area (Å²) in [6.45, 7) is 4.53. The number of rotatable bonds is 4. The third kappa shape index (κ3) is 2.93. The highest BCUT2D eigenvalue weighted by molar-refractivity contribution is 5.59. The average Bonchev–Trinajstić information content (AvgIpc) is 3.03. The molecule has 3 heteroatoms. The van der Waals surface area contributed by atoms with Crippen LogP contribution in [0.3, 0.4) is 0 Å². The van der Waals surface area contributed by atoms with Gasteiger partial charge >= 0.3 is 0 Å². The van der Waals surface area contributed by atoms with Crippen LogP contribution in [-0.4, -0.2) is 18.1 Å². The lowest BCUT2D eigenvalue weighted by Crippen LogP contribution is -2.17. The van der Waals surface area contributed by atoms with Crippen LogP contribution in [0.1, 0.15) is 31.4 Å². The average molecular weight is 267 g/mol. The second-order valence-corrected chi connectivity index (χ2v) is 5.40. The minimum atomic E-state index is 0.262. The van der Waals surface area contributed by atoms with E-state index in [0.29, 0.717) is 0 Å². The highest BCUT2D eigenvalue weighted by atomic mass is 15.1. The van der Waals surface area contributed by atoms with Gasteiger partial charge in [0.05, 0.1) is 6.04 Å². The molecule has 2 aromatic rings. The first-order chi connectivity index (χ1) is 9.83. The summed E-state index contributed by atoms with van der Waals surface area (Å²) in [5.74, 6) is 0. The van der Waals surface area contributed by atoms with Crippen molar-refractivity contribution in [1.29, 1.82) is 0 Å². The van der Waals surface area contributed by atoms with Crippen molar-refractivity contribution in [3.8, 4) is 0 Å². The zero-order valence-corrected chi connectivity index (χ0v) is 11.9. The lowest BCUT2D eigenvalue weighted by atomic mass is 10.1. The van der Waals surface area contributed by atoms with Gasteiger partial charge in [-0.25, -0.2) is 0 Å². The first-order valence-electron chi connectivity index (χ1n) is 7.34. The molecule has 3 rings (SSSR count). The molecule has 1 aliphatic rings. The third-order valence-electron chi connectivity index (χ3n) is 3.88. The molecule has 0 bridgehead atoms. The maximum atomic E-state index is 4.18. The molecule has 0 saturated carbocycles. The Morgan fingerprint density at radius 2 is 2.00 bits per heavy atom. The van der Waals surface area contributed by atoms with E-state index in [4.69, 9.17) is 0 Å². The number of hydrogen-bond donors (Lipinski definition) is 1. The maximum Gasteiger partial charge on any atom is 0.0500 e. The molecule has 104 valence electrons. The van der Waals surface area contributed by atoms with Crippen LogP contribution in [0.5, 0.6) is 0 Å². The molecule has 1 atom stereocenters. The number of nitrogens with one attached hydrogen (secondary N) is 1. The Morgan fingerprint density at radius 3 is 2.75 bits per heavy atom. The molecule has 0 radical (unpaired) electrons. The van der Waals surface area contributed by atoms with Crippen LogP contribution >= 0.6 is 0 Å². The highest BCUT2D eigenvalue weighted by Gasteiger charge is 2.13. The number of hydrogen-bond acceptors (Lipinski definition) is 3.